The van der Waals surface area contributed by atoms with Crippen LogP contribution < -0.4 is 5.32 Å². The highest BCUT2D eigenvalue weighted by molar-refractivity contribution is 5.28. The lowest BCUT2D eigenvalue weighted by atomic mass is 9.96. The van der Waals surface area contributed by atoms with Crippen LogP contribution in [-0.2, 0) is 6.42 Å². The van der Waals surface area contributed by atoms with Crippen molar-refractivity contribution in [3.8, 4) is 0 Å². The standard InChI is InChI=1S/C18H21F2N/c1-12(2)14-6-4-13(5-7-14)8-18(21-3)15-9-16(19)11-17(20)10-15/h4-7,9-12,18,21H,8H2,1-3H3. The van der Waals surface area contributed by atoms with Gasteiger partial charge in [0.25, 0.3) is 0 Å². The van der Waals surface area contributed by atoms with Crippen molar-refractivity contribution < 1.29 is 8.78 Å². The van der Waals surface area contributed by atoms with Crippen LogP contribution in [-0.4, -0.2) is 7.05 Å². The summed E-state index contributed by atoms with van der Waals surface area (Å²) in [6.45, 7) is 4.31. The van der Waals surface area contributed by atoms with Gasteiger partial charge in [-0.05, 0) is 48.2 Å². The van der Waals surface area contributed by atoms with E-state index in [2.05, 4.69) is 43.4 Å². The molecule has 21 heavy (non-hydrogen) atoms. The molecule has 0 aromatic heterocycles. The van der Waals surface area contributed by atoms with Crippen molar-refractivity contribution in [2.45, 2.75) is 32.2 Å². The van der Waals surface area contributed by atoms with E-state index in [0.717, 1.165) is 11.6 Å². The second-order valence-corrected chi connectivity index (χ2v) is 5.64. The molecule has 2 rings (SSSR count). The summed E-state index contributed by atoms with van der Waals surface area (Å²) in [5.41, 5.74) is 3.06. The van der Waals surface area contributed by atoms with E-state index in [1.54, 1.807) is 7.05 Å². The molecule has 0 saturated heterocycles. The van der Waals surface area contributed by atoms with Crippen molar-refractivity contribution in [2.75, 3.05) is 7.05 Å². The summed E-state index contributed by atoms with van der Waals surface area (Å²) in [6.07, 6.45) is 0.692. The lowest BCUT2D eigenvalue weighted by Crippen LogP contribution is -2.19. The minimum atomic E-state index is -0.541. The third-order valence-corrected chi connectivity index (χ3v) is 3.72. The molecule has 0 saturated carbocycles. The fraction of sp³-hybridized carbons (Fsp3) is 0.333. The fourth-order valence-electron chi connectivity index (χ4n) is 2.44. The van der Waals surface area contributed by atoms with Gasteiger partial charge in [-0.3, -0.25) is 0 Å². The van der Waals surface area contributed by atoms with Crippen molar-refractivity contribution in [3.05, 3.63) is 70.8 Å². The Hall–Kier alpha value is -1.74. The minimum Gasteiger partial charge on any atom is -0.313 e. The average molecular weight is 289 g/mol. The Kier molecular flexibility index (Phi) is 5.07. The minimum absolute atomic E-state index is 0.111. The lowest BCUT2D eigenvalue weighted by Gasteiger charge is -2.17. The van der Waals surface area contributed by atoms with Gasteiger partial charge in [-0.15, -0.1) is 0 Å². The van der Waals surface area contributed by atoms with Crippen molar-refractivity contribution >= 4 is 0 Å². The number of halogens is 2. The van der Waals surface area contributed by atoms with E-state index in [0.29, 0.717) is 17.9 Å². The smallest absolute Gasteiger partial charge is 0.126 e. The molecule has 0 aliphatic rings. The first-order valence-corrected chi connectivity index (χ1v) is 7.21. The molecule has 3 heteroatoms. The lowest BCUT2D eigenvalue weighted by molar-refractivity contribution is 0.551. The van der Waals surface area contributed by atoms with Crippen molar-refractivity contribution in [2.24, 2.45) is 0 Å². The van der Waals surface area contributed by atoms with Crippen LogP contribution in [0, 0.1) is 11.6 Å². The van der Waals surface area contributed by atoms with Gasteiger partial charge in [0.1, 0.15) is 11.6 Å². The zero-order chi connectivity index (χ0) is 15.4. The number of likely N-dealkylation sites (N-methyl/N-ethyl adjacent to an activating group) is 1. The van der Waals surface area contributed by atoms with Gasteiger partial charge in [0, 0.05) is 12.1 Å². The number of rotatable bonds is 5. The van der Waals surface area contributed by atoms with Crippen LogP contribution in [0.2, 0.25) is 0 Å². The first-order valence-electron chi connectivity index (χ1n) is 7.21. The Bertz CT molecular complexity index is 570. The quantitative estimate of drug-likeness (QED) is 0.848. The Morgan fingerprint density at radius 2 is 1.48 bits per heavy atom. The molecule has 0 aliphatic carbocycles. The summed E-state index contributed by atoms with van der Waals surface area (Å²) in [5.74, 6) is -0.586. The first-order chi connectivity index (χ1) is 9.99. The first kappa shape index (κ1) is 15.6. The maximum Gasteiger partial charge on any atom is 0.126 e. The summed E-state index contributed by atoms with van der Waals surface area (Å²) in [7, 11) is 1.80. The van der Waals surface area contributed by atoms with Gasteiger partial charge in [0.05, 0.1) is 0 Å². The maximum atomic E-state index is 13.3. The third kappa shape index (κ3) is 4.11. The van der Waals surface area contributed by atoms with E-state index in [1.165, 1.54) is 17.7 Å². The molecular formula is C18H21F2N. The van der Waals surface area contributed by atoms with Crippen LogP contribution in [0.5, 0.6) is 0 Å². The molecule has 1 nitrogen and oxygen atoms in total. The molecule has 1 atom stereocenters. The molecule has 1 N–H and O–H groups in total. The SMILES string of the molecule is CNC(Cc1ccc(C(C)C)cc1)c1cc(F)cc(F)c1. The summed E-state index contributed by atoms with van der Waals surface area (Å²) in [4.78, 5) is 0. The van der Waals surface area contributed by atoms with E-state index < -0.39 is 11.6 Å². The summed E-state index contributed by atoms with van der Waals surface area (Å²) < 4.78 is 26.7. The van der Waals surface area contributed by atoms with Gasteiger partial charge < -0.3 is 5.32 Å². The van der Waals surface area contributed by atoms with E-state index in [9.17, 15) is 8.78 Å². The molecule has 0 heterocycles. The van der Waals surface area contributed by atoms with Gasteiger partial charge in [-0.1, -0.05) is 38.1 Å². The predicted octanol–water partition coefficient (Wildman–Crippen LogP) is 4.59. The molecule has 112 valence electrons. The summed E-state index contributed by atoms with van der Waals surface area (Å²) in [6, 6.07) is 11.9. The molecule has 0 aliphatic heterocycles. The van der Waals surface area contributed by atoms with E-state index in [1.807, 2.05) is 0 Å². The zero-order valence-electron chi connectivity index (χ0n) is 12.7. The number of hydrogen-bond donors (Lipinski definition) is 1. The van der Waals surface area contributed by atoms with Crippen LogP contribution in [0.25, 0.3) is 0 Å². The molecule has 1 unspecified atom stereocenters. The number of nitrogens with one attached hydrogen (secondary N) is 1. The van der Waals surface area contributed by atoms with Crippen LogP contribution in [0.1, 0.15) is 42.5 Å². The molecule has 0 radical (unpaired) electrons. The maximum absolute atomic E-state index is 13.3. The molecule has 0 spiro atoms. The number of benzene rings is 2. The van der Waals surface area contributed by atoms with Crippen LogP contribution in [0.3, 0.4) is 0 Å². The van der Waals surface area contributed by atoms with E-state index in [-0.39, 0.29) is 6.04 Å². The van der Waals surface area contributed by atoms with Crippen molar-refractivity contribution in [1.82, 2.24) is 5.32 Å². The van der Waals surface area contributed by atoms with Gasteiger partial charge in [-0.2, -0.15) is 0 Å². The van der Waals surface area contributed by atoms with Crippen molar-refractivity contribution in [3.63, 3.8) is 0 Å². The molecule has 0 amide bonds. The Balaban J connectivity index is 2.18. The fourth-order valence-corrected chi connectivity index (χ4v) is 2.44. The van der Waals surface area contributed by atoms with Gasteiger partial charge in [0.15, 0.2) is 0 Å². The topological polar surface area (TPSA) is 12.0 Å². The Labute approximate surface area is 125 Å². The monoisotopic (exact) mass is 289 g/mol. The molecular weight excluding hydrogens is 268 g/mol. The molecule has 0 fully saturated rings. The number of hydrogen-bond acceptors (Lipinski definition) is 1. The Morgan fingerprint density at radius 3 is 1.95 bits per heavy atom. The normalized spacial score (nSPS) is 12.7. The van der Waals surface area contributed by atoms with Gasteiger partial charge in [-0.25, -0.2) is 8.78 Å². The highest BCUT2D eigenvalue weighted by Crippen LogP contribution is 2.22. The summed E-state index contributed by atoms with van der Waals surface area (Å²) >= 11 is 0. The highest BCUT2D eigenvalue weighted by Gasteiger charge is 2.13. The summed E-state index contributed by atoms with van der Waals surface area (Å²) in [5, 5.41) is 3.13. The van der Waals surface area contributed by atoms with E-state index in [4.69, 9.17) is 0 Å². The van der Waals surface area contributed by atoms with Crippen molar-refractivity contribution in [1.29, 1.82) is 0 Å². The zero-order valence-corrected chi connectivity index (χ0v) is 12.7. The van der Waals surface area contributed by atoms with Crippen LogP contribution in [0.15, 0.2) is 42.5 Å². The third-order valence-electron chi connectivity index (χ3n) is 3.72. The van der Waals surface area contributed by atoms with Crippen LogP contribution in [0.4, 0.5) is 8.78 Å². The Morgan fingerprint density at radius 1 is 0.905 bits per heavy atom. The average Bonchev–Trinajstić information content (AvgIpc) is 2.44. The largest absolute Gasteiger partial charge is 0.313 e. The predicted molar refractivity (Wildman–Crippen MR) is 82.4 cm³/mol. The second kappa shape index (κ2) is 6.81. The molecule has 2 aromatic carbocycles. The molecule has 2 aromatic rings. The van der Waals surface area contributed by atoms with Gasteiger partial charge in [0.2, 0.25) is 0 Å². The van der Waals surface area contributed by atoms with Gasteiger partial charge >= 0.3 is 0 Å². The molecule has 0 bridgehead atoms. The van der Waals surface area contributed by atoms with E-state index >= 15 is 0 Å². The second-order valence-electron chi connectivity index (χ2n) is 5.64. The van der Waals surface area contributed by atoms with Crippen LogP contribution >= 0.6 is 0 Å². The highest BCUT2D eigenvalue weighted by atomic mass is 19.1.